The average molecular weight is 290 g/mol. The first-order valence-corrected chi connectivity index (χ1v) is 7.90. The highest BCUT2D eigenvalue weighted by molar-refractivity contribution is 7.92. The van der Waals surface area contributed by atoms with Crippen LogP contribution in [0.15, 0.2) is 12.1 Å². The second-order valence-corrected chi connectivity index (χ2v) is 7.28. The molecule has 1 aromatic rings. The summed E-state index contributed by atoms with van der Waals surface area (Å²) in [5.74, 6) is -1.81. The first kappa shape index (κ1) is 14.4. The molecule has 2 rings (SSSR count). The molecule has 1 heterocycles. The Kier molecular flexibility index (Phi) is 3.92. The lowest BCUT2D eigenvalue weighted by Crippen LogP contribution is -2.34. The molecule has 0 aliphatic carbocycles. The zero-order chi connectivity index (χ0) is 14.2. The summed E-state index contributed by atoms with van der Waals surface area (Å²) in [6.45, 7) is 1.44. The summed E-state index contributed by atoms with van der Waals surface area (Å²) in [6.07, 6.45) is -0.248. The molecule has 19 heavy (non-hydrogen) atoms. The minimum Gasteiger partial charge on any atom is -0.387 e. The predicted molar refractivity (Wildman–Crippen MR) is 67.5 cm³/mol. The van der Waals surface area contributed by atoms with Gasteiger partial charge < -0.3 is 5.11 Å². The van der Waals surface area contributed by atoms with Gasteiger partial charge in [0.15, 0.2) is 9.84 Å². The summed E-state index contributed by atoms with van der Waals surface area (Å²) in [5.41, 5.74) is -0.348. The van der Waals surface area contributed by atoms with Crippen LogP contribution in [0.25, 0.3) is 0 Å². The lowest BCUT2D eigenvalue weighted by molar-refractivity contribution is 0.155. The maximum Gasteiger partial charge on any atom is 0.156 e. The molecule has 0 spiro atoms. The first-order valence-electron chi connectivity index (χ1n) is 6.18. The third-order valence-electron chi connectivity index (χ3n) is 3.60. The van der Waals surface area contributed by atoms with Gasteiger partial charge in [0, 0.05) is 0 Å². The van der Waals surface area contributed by atoms with E-state index in [4.69, 9.17) is 0 Å². The Labute approximate surface area is 111 Å². The Bertz CT molecular complexity index is 584. The molecule has 0 aromatic heterocycles. The van der Waals surface area contributed by atoms with E-state index in [-0.39, 0.29) is 17.7 Å². The van der Waals surface area contributed by atoms with Crippen molar-refractivity contribution in [3.8, 4) is 0 Å². The predicted octanol–water partition coefficient (Wildman–Crippen LogP) is 2.27. The monoisotopic (exact) mass is 290 g/mol. The number of hydrogen-bond donors (Lipinski definition) is 1. The largest absolute Gasteiger partial charge is 0.387 e. The van der Waals surface area contributed by atoms with Gasteiger partial charge in [-0.15, -0.1) is 0 Å². The molecular weight excluding hydrogens is 274 g/mol. The molecule has 106 valence electrons. The van der Waals surface area contributed by atoms with E-state index in [1.165, 1.54) is 13.0 Å². The molecular formula is C13H16F2O3S. The van der Waals surface area contributed by atoms with E-state index in [9.17, 15) is 22.3 Å². The van der Waals surface area contributed by atoms with Crippen molar-refractivity contribution < 1.29 is 22.3 Å². The van der Waals surface area contributed by atoms with Gasteiger partial charge in [0.1, 0.15) is 17.7 Å². The molecule has 1 N–H and O–H groups in total. The Morgan fingerprint density at radius 1 is 1.32 bits per heavy atom. The van der Waals surface area contributed by atoms with E-state index in [0.717, 1.165) is 6.07 Å². The number of aliphatic hydroxyl groups excluding tert-OH is 1. The van der Waals surface area contributed by atoms with Gasteiger partial charge >= 0.3 is 0 Å². The molecule has 0 saturated carbocycles. The number of aliphatic hydroxyl groups is 1. The summed E-state index contributed by atoms with van der Waals surface area (Å²) in [5, 5.41) is 8.99. The molecule has 2 unspecified atom stereocenters. The molecule has 1 aliphatic heterocycles. The molecule has 1 saturated heterocycles. The maximum atomic E-state index is 13.9. The maximum absolute atomic E-state index is 13.9. The van der Waals surface area contributed by atoms with E-state index >= 15 is 0 Å². The number of aryl methyl sites for hydroxylation is 1. The Balaban J connectivity index is 2.44. The van der Waals surface area contributed by atoms with Crippen molar-refractivity contribution in [3.05, 3.63) is 34.9 Å². The van der Waals surface area contributed by atoms with Gasteiger partial charge in [-0.3, -0.25) is 0 Å². The quantitative estimate of drug-likeness (QED) is 0.909. The zero-order valence-electron chi connectivity index (χ0n) is 10.6. The lowest BCUT2D eigenvalue weighted by Gasteiger charge is -2.27. The van der Waals surface area contributed by atoms with Gasteiger partial charge in [0.25, 0.3) is 0 Å². The second kappa shape index (κ2) is 5.17. The van der Waals surface area contributed by atoms with Crippen LogP contribution in [0.4, 0.5) is 8.78 Å². The third-order valence-corrected chi connectivity index (χ3v) is 5.87. The highest BCUT2D eigenvalue weighted by atomic mass is 32.2. The van der Waals surface area contributed by atoms with Crippen LogP contribution in [0.2, 0.25) is 0 Å². The second-order valence-electron chi connectivity index (χ2n) is 4.94. The molecule has 6 heteroatoms. The van der Waals surface area contributed by atoms with Crippen LogP contribution in [0.1, 0.15) is 36.5 Å². The lowest BCUT2D eigenvalue weighted by atomic mass is 9.99. The number of benzene rings is 1. The van der Waals surface area contributed by atoms with Gasteiger partial charge in [-0.1, -0.05) is 12.5 Å². The first-order chi connectivity index (χ1) is 8.84. The number of rotatable bonds is 2. The summed E-state index contributed by atoms with van der Waals surface area (Å²) in [4.78, 5) is 0. The average Bonchev–Trinajstić information content (AvgIpc) is 2.33. The smallest absolute Gasteiger partial charge is 0.156 e. The summed E-state index contributed by atoms with van der Waals surface area (Å²) in [6, 6.07) is 2.31. The van der Waals surface area contributed by atoms with Crippen molar-refractivity contribution in [1.82, 2.24) is 0 Å². The Hall–Kier alpha value is -1.01. The van der Waals surface area contributed by atoms with Gasteiger partial charge in [-0.2, -0.15) is 0 Å². The summed E-state index contributed by atoms with van der Waals surface area (Å²) < 4.78 is 51.4. The van der Waals surface area contributed by atoms with Crippen LogP contribution in [0, 0.1) is 18.6 Å². The van der Waals surface area contributed by atoms with E-state index in [1.54, 1.807) is 0 Å². The van der Waals surface area contributed by atoms with Crippen LogP contribution in [-0.4, -0.2) is 24.5 Å². The van der Waals surface area contributed by atoms with Crippen molar-refractivity contribution in [3.63, 3.8) is 0 Å². The molecule has 2 atom stereocenters. The van der Waals surface area contributed by atoms with Crippen LogP contribution in [0.3, 0.4) is 0 Å². The summed E-state index contributed by atoms with van der Waals surface area (Å²) in [7, 11) is -3.50. The van der Waals surface area contributed by atoms with Crippen LogP contribution in [-0.2, 0) is 9.84 Å². The number of sulfone groups is 1. The fourth-order valence-electron chi connectivity index (χ4n) is 2.47. The van der Waals surface area contributed by atoms with Crippen LogP contribution < -0.4 is 0 Å². The number of hydrogen-bond acceptors (Lipinski definition) is 3. The zero-order valence-corrected chi connectivity index (χ0v) is 11.4. The van der Waals surface area contributed by atoms with E-state index in [1.807, 2.05) is 0 Å². The van der Waals surface area contributed by atoms with Crippen molar-refractivity contribution in [2.75, 3.05) is 5.75 Å². The highest BCUT2D eigenvalue weighted by Crippen LogP contribution is 2.33. The SMILES string of the molecule is Cc1ccc(F)c(C(O)C2CCCCS2(=O)=O)c1F. The standard InChI is InChI=1S/C13H16F2O3S/c1-8-5-6-9(14)11(12(8)15)13(16)10-4-2-3-7-19(10,17)18/h5-6,10,13,16H,2-4,7H2,1H3. The van der Waals surface area contributed by atoms with Crippen molar-refractivity contribution >= 4 is 9.84 Å². The van der Waals surface area contributed by atoms with Crippen LogP contribution >= 0.6 is 0 Å². The molecule has 1 aliphatic rings. The fourth-order valence-corrected chi connectivity index (χ4v) is 4.43. The minimum absolute atomic E-state index is 0.0379. The van der Waals surface area contributed by atoms with Gasteiger partial charge in [0.2, 0.25) is 0 Å². The van der Waals surface area contributed by atoms with Crippen LogP contribution in [0.5, 0.6) is 0 Å². The molecule has 1 fully saturated rings. The van der Waals surface area contributed by atoms with Crippen molar-refractivity contribution in [1.29, 1.82) is 0 Å². The Morgan fingerprint density at radius 3 is 2.63 bits per heavy atom. The van der Waals surface area contributed by atoms with E-state index in [0.29, 0.717) is 12.8 Å². The molecule has 1 aromatic carbocycles. The third kappa shape index (κ3) is 2.65. The van der Waals surface area contributed by atoms with Crippen molar-refractivity contribution in [2.24, 2.45) is 0 Å². The highest BCUT2D eigenvalue weighted by Gasteiger charge is 2.38. The minimum atomic E-state index is -3.50. The molecule has 0 radical (unpaired) electrons. The molecule has 3 nitrogen and oxygen atoms in total. The normalized spacial score (nSPS) is 24.1. The van der Waals surface area contributed by atoms with E-state index < -0.39 is 38.4 Å². The van der Waals surface area contributed by atoms with Gasteiger partial charge in [-0.05, 0) is 31.4 Å². The fraction of sp³-hybridized carbons (Fsp3) is 0.538. The van der Waals surface area contributed by atoms with Crippen molar-refractivity contribution in [2.45, 2.75) is 37.5 Å². The molecule has 0 amide bonds. The van der Waals surface area contributed by atoms with E-state index in [2.05, 4.69) is 0 Å². The van der Waals surface area contributed by atoms with Gasteiger partial charge in [0.05, 0.1) is 16.6 Å². The summed E-state index contributed by atoms with van der Waals surface area (Å²) >= 11 is 0. The topological polar surface area (TPSA) is 54.4 Å². The van der Waals surface area contributed by atoms with Gasteiger partial charge in [-0.25, -0.2) is 17.2 Å². The number of halogens is 2. The molecule has 0 bridgehead atoms. The Morgan fingerprint density at radius 2 is 2.00 bits per heavy atom.